The molecule has 5 unspecified atom stereocenters. The van der Waals surface area contributed by atoms with Gasteiger partial charge in [-0.1, -0.05) is 67.7 Å². The van der Waals surface area contributed by atoms with Gasteiger partial charge < -0.3 is 9.47 Å². The summed E-state index contributed by atoms with van der Waals surface area (Å²) in [5, 5.41) is 0. The van der Waals surface area contributed by atoms with Crippen molar-refractivity contribution in [3.05, 3.63) is 0 Å². The lowest BCUT2D eigenvalue weighted by Gasteiger charge is -2.71. The number of hydrogen-bond donors (Lipinski definition) is 0. The van der Waals surface area contributed by atoms with Gasteiger partial charge in [-0.05, 0) is 81.0 Å². The summed E-state index contributed by atoms with van der Waals surface area (Å²) in [5.74, 6) is 2.40. The first kappa shape index (κ1) is 26.5. The van der Waals surface area contributed by atoms with Gasteiger partial charge in [-0.25, -0.2) is 0 Å². The van der Waals surface area contributed by atoms with Gasteiger partial charge in [-0.2, -0.15) is 0 Å². The molecular formula is C29H50O4. The molecule has 0 radical (unpaired) electrons. The molecule has 0 saturated heterocycles. The zero-order valence-electron chi connectivity index (χ0n) is 22.5. The second-order valence-electron chi connectivity index (χ2n) is 12.1. The molecule has 5 aliphatic carbocycles. The maximum Gasteiger partial charge on any atom is 0.308 e. The average Bonchev–Trinajstić information content (AvgIpc) is 3.22. The zero-order chi connectivity index (χ0) is 24.5. The lowest BCUT2D eigenvalue weighted by molar-refractivity contribution is -0.295. The van der Waals surface area contributed by atoms with Crippen molar-refractivity contribution in [2.24, 2.45) is 34.5 Å². The van der Waals surface area contributed by atoms with E-state index >= 15 is 0 Å². The minimum atomic E-state index is -0.165. The monoisotopic (exact) mass is 462 g/mol. The van der Waals surface area contributed by atoms with E-state index in [1.165, 1.54) is 51.4 Å². The van der Waals surface area contributed by atoms with Gasteiger partial charge in [-0.3, -0.25) is 9.59 Å². The second kappa shape index (κ2) is 9.90. The van der Waals surface area contributed by atoms with E-state index in [1.807, 2.05) is 27.7 Å². The summed E-state index contributed by atoms with van der Waals surface area (Å²) >= 11 is 0. The van der Waals surface area contributed by atoms with Crippen LogP contribution in [0.4, 0.5) is 0 Å². The Hall–Kier alpha value is -1.06. The molecule has 0 N–H and O–H groups in total. The number of esters is 1. The summed E-state index contributed by atoms with van der Waals surface area (Å²) in [7, 11) is 0. The van der Waals surface area contributed by atoms with E-state index in [0.717, 1.165) is 37.5 Å². The van der Waals surface area contributed by atoms with E-state index in [-0.39, 0.29) is 23.1 Å². The van der Waals surface area contributed by atoms with Crippen LogP contribution in [0.2, 0.25) is 0 Å². The molecule has 5 atom stereocenters. The Morgan fingerprint density at radius 2 is 1.64 bits per heavy atom. The largest absolute Gasteiger partial charge is 0.461 e. The van der Waals surface area contributed by atoms with Gasteiger partial charge in [0.25, 0.3) is 6.47 Å². The quantitative estimate of drug-likeness (QED) is 0.291. The van der Waals surface area contributed by atoms with Gasteiger partial charge in [0, 0.05) is 5.41 Å². The normalized spacial score (nSPS) is 37.9. The van der Waals surface area contributed by atoms with Crippen LogP contribution in [0.5, 0.6) is 0 Å². The third-order valence-corrected chi connectivity index (χ3v) is 10.2. The predicted octanol–water partition coefficient (Wildman–Crippen LogP) is 7.48. The minimum Gasteiger partial charge on any atom is -0.461 e. The molecule has 5 saturated carbocycles. The summed E-state index contributed by atoms with van der Waals surface area (Å²) < 4.78 is 11.4. The predicted molar refractivity (Wildman–Crippen MR) is 133 cm³/mol. The topological polar surface area (TPSA) is 52.6 Å². The van der Waals surface area contributed by atoms with Crippen LogP contribution >= 0.6 is 0 Å². The third-order valence-electron chi connectivity index (χ3n) is 10.2. The van der Waals surface area contributed by atoms with Crippen LogP contribution in [-0.4, -0.2) is 23.6 Å². The summed E-state index contributed by atoms with van der Waals surface area (Å²) in [6, 6.07) is 0. The molecule has 190 valence electrons. The van der Waals surface area contributed by atoms with E-state index in [4.69, 9.17) is 9.47 Å². The standard InChI is InChI=1S/C15H22O2.C12H22O2.C2H6/c1-9(2)12(16)17-14-6-11-4-10-5-13(3,7-14)8-15(10,11)14;1-3-12(4-2,14-10-13)11-8-6-5-7-9-11;1-2/h9-11H,4-8H2,1-3H3;10-11H,3-9H2,1-2H3;1-2H3. The molecule has 0 heterocycles. The van der Waals surface area contributed by atoms with E-state index in [1.54, 1.807) is 0 Å². The van der Waals surface area contributed by atoms with Crippen LogP contribution < -0.4 is 0 Å². The highest BCUT2D eigenvalue weighted by molar-refractivity contribution is 5.72. The average molecular weight is 463 g/mol. The fourth-order valence-corrected chi connectivity index (χ4v) is 8.85. The maximum absolute atomic E-state index is 12.0. The fraction of sp³-hybridized carbons (Fsp3) is 0.931. The van der Waals surface area contributed by atoms with Crippen molar-refractivity contribution in [2.45, 2.75) is 137 Å². The lowest BCUT2D eigenvalue weighted by Crippen LogP contribution is -2.72. The van der Waals surface area contributed by atoms with Crippen molar-refractivity contribution in [3.8, 4) is 0 Å². The highest BCUT2D eigenvalue weighted by atomic mass is 16.6. The first-order chi connectivity index (χ1) is 15.7. The van der Waals surface area contributed by atoms with Gasteiger partial charge in [-0.15, -0.1) is 0 Å². The molecule has 0 aromatic rings. The lowest BCUT2D eigenvalue weighted by atomic mass is 9.36. The Kier molecular flexibility index (Phi) is 7.96. The van der Waals surface area contributed by atoms with E-state index in [2.05, 4.69) is 20.8 Å². The molecule has 4 heteroatoms. The fourth-order valence-electron chi connectivity index (χ4n) is 8.85. The smallest absolute Gasteiger partial charge is 0.308 e. The molecule has 33 heavy (non-hydrogen) atoms. The molecule has 5 rings (SSSR count). The van der Waals surface area contributed by atoms with Crippen LogP contribution in [0.1, 0.15) is 126 Å². The van der Waals surface area contributed by atoms with E-state index < -0.39 is 0 Å². The molecule has 5 aliphatic rings. The molecule has 0 amide bonds. The number of carbonyl (C=O) groups is 2. The van der Waals surface area contributed by atoms with Gasteiger partial charge in [0.05, 0.1) is 5.92 Å². The Labute approximate surface area is 202 Å². The Balaban J connectivity index is 0.000000177. The van der Waals surface area contributed by atoms with E-state index in [9.17, 15) is 9.59 Å². The van der Waals surface area contributed by atoms with Gasteiger partial charge in [0.1, 0.15) is 11.2 Å². The molecule has 0 aliphatic heterocycles. The van der Waals surface area contributed by atoms with Crippen LogP contribution in [-0.2, 0) is 19.1 Å². The summed E-state index contributed by atoms with van der Waals surface area (Å²) in [4.78, 5) is 22.5. The summed E-state index contributed by atoms with van der Waals surface area (Å²) in [6.07, 6.45) is 14.8. The van der Waals surface area contributed by atoms with Crippen molar-refractivity contribution < 1.29 is 19.1 Å². The van der Waals surface area contributed by atoms with Crippen LogP contribution in [0.3, 0.4) is 0 Å². The van der Waals surface area contributed by atoms with Crippen LogP contribution in [0.25, 0.3) is 0 Å². The Morgan fingerprint density at radius 1 is 1.03 bits per heavy atom. The minimum absolute atomic E-state index is 0.0188. The van der Waals surface area contributed by atoms with Crippen molar-refractivity contribution in [2.75, 3.05) is 0 Å². The zero-order valence-corrected chi connectivity index (χ0v) is 22.5. The number of ether oxygens (including phenoxy) is 2. The van der Waals surface area contributed by atoms with Gasteiger partial charge in [0.2, 0.25) is 0 Å². The number of rotatable bonds is 7. The maximum atomic E-state index is 12.0. The highest BCUT2D eigenvalue weighted by Gasteiger charge is 2.85. The van der Waals surface area contributed by atoms with Crippen molar-refractivity contribution >= 4 is 12.4 Å². The number of hydrogen-bond acceptors (Lipinski definition) is 4. The van der Waals surface area contributed by atoms with Crippen molar-refractivity contribution in [3.63, 3.8) is 0 Å². The molecule has 0 aromatic carbocycles. The van der Waals surface area contributed by atoms with Crippen molar-refractivity contribution in [1.82, 2.24) is 0 Å². The second-order valence-corrected chi connectivity index (χ2v) is 12.1. The number of fused-ring (bicyclic) bond motifs is 1. The number of carbonyl (C=O) groups excluding carboxylic acids is 2. The van der Waals surface area contributed by atoms with Gasteiger partial charge in [0.15, 0.2) is 0 Å². The highest BCUT2D eigenvalue weighted by Crippen LogP contribution is 2.86. The van der Waals surface area contributed by atoms with E-state index in [0.29, 0.717) is 23.2 Å². The first-order valence-electron chi connectivity index (χ1n) is 14.0. The Morgan fingerprint density at radius 3 is 2.12 bits per heavy atom. The van der Waals surface area contributed by atoms with Gasteiger partial charge >= 0.3 is 5.97 Å². The molecule has 2 bridgehead atoms. The summed E-state index contributed by atoms with van der Waals surface area (Å²) in [6.45, 7) is 15.2. The van der Waals surface area contributed by atoms with Crippen LogP contribution in [0.15, 0.2) is 0 Å². The summed E-state index contributed by atoms with van der Waals surface area (Å²) in [5.41, 5.74) is 0.719. The van der Waals surface area contributed by atoms with Crippen LogP contribution in [0, 0.1) is 34.5 Å². The molecule has 0 aromatic heterocycles. The molecular weight excluding hydrogens is 412 g/mol. The molecule has 4 nitrogen and oxygen atoms in total. The molecule has 1 spiro atoms. The molecule has 5 fully saturated rings. The van der Waals surface area contributed by atoms with Crippen molar-refractivity contribution in [1.29, 1.82) is 0 Å². The SMILES string of the molecule is CC.CC(C)C(=O)OC12CC3CC4CC(C)(C1)CC432.CCC(CC)(OC=O)C1CCCCC1. The first-order valence-corrected chi connectivity index (χ1v) is 14.0. The Bertz CT molecular complexity index is 692. The third kappa shape index (κ3) is 4.16.